The molecule has 0 atom stereocenters. The van der Waals surface area contributed by atoms with Crippen molar-refractivity contribution in [3.05, 3.63) is 64.7 Å². The molecular formula is C12H16Ru. The van der Waals surface area contributed by atoms with Crippen LogP contribution in [0.4, 0.5) is 0 Å². The summed E-state index contributed by atoms with van der Waals surface area (Å²) in [4.78, 5) is 0. The summed E-state index contributed by atoms with van der Waals surface area (Å²) < 4.78 is 0. The number of hydrogen-bond acceptors (Lipinski definition) is 0. The quantitative estimate of drug-likeness (QED) is 0.498. The van der Waals surface area contributed by atoms with Crippen LogP contribution in [0.3, 0.4) is 0 Å². The second kappa shape index (κ2) is 8.07. The van der Waals surface area contributed by atoms with E-state index in [-0.39, 0.29) is 41.8 Å². The topological polar surface area (TPSA) is 0 Å². The minimum Gasteiger partial charge on any atom is -0.358 e. The van der Waals surface area contributed by atoms with Crippen molar-refractivity contribution in [3.63, 3.8) is 0 Å². The van der Waals surface area contributed by atoms with Crippen molar-refractivity contribution in [2.45, 2.75) is 0 Å². The van der Waals surface area contributed by atoms with Crippen molar-refractivity contribution in [1.82, 2.24) is 0 Å². The maximum atomic E-state index is 2.12. The maximum absolute atomic E-state index is 2.12. The van der Waals surface area contributed by atoms with E-state index < -0.39 is 0 Å². The van der Waals surface area contributed by atoms with Gasteiger partial charge in [0.2, 0.25) is 0 Å². The molecule has 2 rings (SSSR count). The Kier molecular flexibility index (Phi) is 11.3. The molecule has 0 bridgehead atoms. The molecule has 0 saturated carbocycles. The van der Waals surface area contributed by atoms with Gasteiger partial charge in [-0.2, -0.15) is 17.5 Å². The molecule has 13 heavy (non-hydrogen) atoms. The molecule has 0 N–H and O–H groups in total. The summed E-state index contributed by atoms with van der Waals surface area (Å²) in [6, 6.07) is 14.7. The molecule has 2 aromatic carbocycles. The first-order chi connectivity index (χ1) is 4.47. The van der Waals surface area contributed by atoms with Gasteiger partial charge in [0.25, 0.3) is 0 Å². The molecular weight excluding hydrogens is 245 g/mol. The Balaban J connectivity index is -0.000000250. The van der Waals surface area contributed by atoms with Crippen LogP contribution in [0.25, 0.3) is 10.8 Å². The van der Waals surface area contributed by atoms with Crippen LogP contribution in [-0.2, 0) is 19.5 Å². The third-order valence-corrected chi connectivity index (χ3v) is 1.55. The zero-order valence-corrected chi connectivity index (χ0v) is 10.1. The second-order valence-corrected chi connectivity index (χ2v) is 2.15. The van der Waals surface area contributed by atoms with Crippen LogP contribution < -0.4 is 0 Å². The fourth-order valence-corrected chi connectivity index (χ4v) is 1.07. The first-order valence-corrected chi connectivity index (χ1v) is 3.07. The molecule has 0 fully saturated rings. The minimum absolute atomic E-state index is 0. The van der Waals surface area contributed by atoms with Gasteiger partial charge in [0.05, 0.1) is 0 Å². The van der Waals surface area contributed by atoms with Crippen molar-refractivity contribution in [1.29, 1.82) is 0 Å². The number of benzene rings is 1. The molecule has 72 valence electrons. The largest absolute Gasteiger partial charge is 4.00 e. The van der Waals surface area contributed by atoms with E-state index in [1.807, 2.05) is 0 Å². The fourth-order valence-electron chi connectivity index (χ4n) is 1.07. The average molecular weight is 261 g/mol. The molecule has 0 aliphatic heterocycles. The second-order valence-electron chi connectivity index (χ2n) is 2.15. The Morgan fingerprint density at radius 1 is 0.846 bits per heavy atom. The van der Waals surface area contributed by atoms with Crippen molar-refractivity contribution in [2.75, 3.05) is 0 Å². The van der Waals surface area contributed by atoms with E-state index in [4.69, 9.17) is 0 Å². The van der Waals surface area contributed by atoms with Gasteiger partial charge in [-0.05, 0) is 0 Å². The Bertz CT molecular complexity index is 279. The molecule has 0 aliphatic rings. The van der Waals surface area contributed by atoms with E-state index in [0.29, 0.717) is 0 Å². The van der Waals surface area contributed by atoms with Gasteiger partial charge in [-0.25, -0.2) is 0 Å². The van der Waals surface area contributed by atoms with Gasteiger partial charge in [-0.1, -0.05) is 6.07 Å². The predicted octanol–water partition coefficient (Wildman–Crippen LogP) is 3.91. The molecule has 0 radical (unpaired) electrons. The predicted molar refractivity (Wildman–Crippen MR) is 58.8 cm³/mol. The van der Waals surface area contributed by atoms with Crippen molar-refractivity contribution in [2.24, 2.45) is 0 Å². The van der Waals surface area contributed by atoms with E-state index in [0.717, 1.165) is 0 Å². The monoisotopic (exact) mass is 262 g/mol. The molecule has 2 aromatic rings. The van der Waals surface area contributed by atoms with Gasteiger partial charge < -0.3 is 22.3 Å². The van der Waals surface area contributed by atoms with Crippen LogP contribution >= 0.6 is 0 Å². The Morgan fingerprint density at radius 3 is 2.08 bits per heavy atom. The van der Waals surface area contributed by atoms with Crippen LogP contribution in [0, 0.1) is 22.3 Å². The summed E-state index contributed by atoms with van der Waals surface area (Å²) in [6.45, 7) is 0. The van der Waals surface area contributed by atoms with Gasteiger partial charge in [0.1, 0.15) is 0 Å². The SMILES string of the molecule is [CH3-].[CH3-].[CH3-].[Ru+4].c1ccc2[cH-]ccc2c1. The van der Waals surface area contributed by atoms with Gasteiger partial charge in [-0.3, -0.25) is 0 Å². The summed E-state index contributed by atoms with van der Waals surface area (Å²) in [5, 5.41) is 2.66. The van der Waals surface area contributed by atoms with Crippen LogP contribution in [0.5, 0.6) is 0 Å². The Labute approximate surface area is 95.1 Å². The zero-order valence-electron chi connectivity index (χ0n) is 8.40. The zero-order chi connectivity index (χ0) is 6.10. The first kappa shape index (κ1) is 18.3. The van der Waals surface area contributed by atoms with Crippen LogP contribution in [-0.4, -0.2) is 0 Å². The average Bonchev–Trinajstić information content (AvgIpc) is 2.33. The molecule has 0 aliphatic carbocycles. The van der Waals surface area contributed by atoms with Crippen LogP contribution in [0.1, 0.15) is 0 Å². The fraction of sp³-hybridized carbons (Fsp3) is 0. The molecule has 0 unspecified atom stereocenters. The van der Waals surface area contributed by atoms with Crippen molar-refractivity contribution < 1.29 is 19.5 Å². The minimum atomic E-state index is 0. The summed E-state index contributed by atoms with van der Waals surface area (Å²) in [7, 11) is 0. The molecule has 0 nitrogen and oxygen atoms in total. The molecule has 0 heterocycles. The van der Waals surface area contributed by atoms with Gasteiger partial charge in [0.15, 0.2) is 0 Å². The smallest absolute Gasteiger partial charge is 0.358 e. The van der Waals surface area contributed by atoms with Crippen LogP contribution in [0.2, 0.25) is 0 Å². The maximum Gasteiger partial charge on any atom is 4.00 e. The Morgan fingerprint density at radius 2 is 1.46 bits per heavy atom. The molecule has 0 spiro atoms. The number of rotatable bonds is 0. The summed E-state index contributed by atoms with van der Waals surface area (Å²) in [5.41, 5.74) is 0. The first-order valence-electron chi connectivity index (χ1n) is 3.07. The third kappa shape index (κ3) is 3.78. The molecule has 1 heteroatoms. The van der Waals surface area contributed by atoms with Gasteiger partial charge >= 0.3 is 19.5 Å². The standard InChI is InChI=1S/C9H7.3CH3.Ru/c1-2-5-9-7-3-6-8(9)4-1;;;;/h1-7H;3*1H3;/q4*-1;+4. The van der Waals surface area contributed by atoms with E-state index in [9.17, 15) is 0 Å². The number of fused-ring (bicyclic) bond motifs is 1. The van der Waals surface area contributed by atoms with Crippen molar-refractivity contribution in [3.8, 4) is 0 Å². The normalized spacial score (nSPS) is 7.08. The number of hydrogen-bond donors (Lipinski definition) is 0. The summed E-state index contributed by atoms with van der Waals surface area (Å²) in [6.07, 6.45) is 0. The summed E-state index contributed by atoms with van der Waals surface area (Å²) >= 11 is 0. The molecule has 0 amide bonds. The molecule has 0 saturated heterocycles. The van der Waals surface area contributed by atoms with Crippen molar-refractivity contribution >= 4 is 10.8 Å². The van der Waals surface area contributed by atoms with Gasteiger partial charge in [0, 0.05) is 0 Å². The third-order valence-electron chi connectivity index (χ3n) is 1.55. The molecule has 0 aromatic heterocycles. The summed E-state index contributed by atoms with van der Waals surface area (Å²) in [5.74, 6) is 0. The van der Waals surface area contributed by atoms with Crippen LogP contribution in [0.15, 0.2) is 42.5 Å². The van der Waals surface area contributed by atoms with E-state index in [1.54, 1.807) is 0 Å². The Hall–Kier alpha value is -0.547. The van der Waals surface area contributed by atoms with E-state index in [2.05, 4.69) is 42.5 Å². The van der Waals surface area contributed by atoms with E-state index in [1.165, 1.54) is 10.8 Å². The van der Waals surface area contributed by atoms with E-state index >= 15 is 0 Å². The van der Waals surface area contributed by atoms with Gasteiger partial charge in [-0.15, -0.1) is 29.7 Å².